The highest BCUT2D eigenvalue weighted by atomic mass is 16.2. The lowest BCUT2D eigenvalue weighted by atomic mass is 10.2. The molecule has 0 fully saturated rings. The molecule has 6 heteroatoms. The Balaban J connectivity index is 1.62. The fourth-order valence-corrected chi connectivity index (χ4v) is 3.67. The summed E-state index contributed by atoms with van der Waals surface area (Å²) in [7, 11) is 1.78. The first-order valence-corrected chi connectivity index (χ1v) is 9.54. The van der Waals surface area contributed by atoms with Gasteiger partial charge in [0.1, 0.15) is 11.6 Å². The van der Waals surface area contributed by atoms with Gasteiger partial charge in [-0.15, -0.1) is 0 Å². The summed E-state index contributed by atoms with van der Waals surface area (Å²) in [5, 5.41) is 1.03. The topological polar surface area (TPSA) is 63.9 Å². The monoisotopic (exact) mass is 385 g/mol. The predicted octanol–water partition coefficient (Wildman–Crippen LogP) is 4.01. The Bertz CT molecular complexity index is 1200. The van der Waals surface area contributed by atoms with E-state index >= 15 is 0 Å². The van der Waals surface area contributed by atoms with Crippen LogP contribution in [0.4, 0.5) is 0 Å². The second-order valence-corrected chi connectivity index (χ2v) is 7.21. The van der Waals surface area contributed by atoms with Gasteiger partial charge in [-0.3, -0.25) is 4.79 Å². The molecule has 0 saturated carbocycles. The van der Waals surface area contributed by atoms with Crippen LogP contribution in [0.2, 0.25) is 0 Å². The van der Waals surface area contributed by atoms with E-state index in [-0.39, 0.29) is 5.91 Å². The van der Waals surface area contributed by atoms with Crippen LogP contribution in [-0.2, 0) is 6.54 Å². The highest BCUT2D eigenvalue weighted by Gasteiger charge is 2.21. The summed E-state index contributed by atoms with van der Waals surface area (Å²) >= 11 is 0. The van der Waals surface area contributed by atoms with E-state index in [2.05, 4.69) is 15.0 Å². The molecular formula is C23H23N5O. The summed E-state index contributed by atoms with van der Waals surface area (Å²) in [4.78, 5) is 28.4. The van der Waals surface area contributed by atoms with Crippen molar-refractivity contribution in [2.45, 2.75) is 27.3 Å². The van der Waals surface area contributed by atoms with Crippen molar-refractivity contribution in [3.8, 4) is 5.82 Å². The summed E-state index contributed by atoms with van der Waals surface area (Å²) in [6, 6.07) is 15.6. The molecule has 0 aliphatic carbocycles. The van der Waals surface area contributed by atoms with Crippen LogP contribution in [0.1, 0.15) is 33.3 Å². The number of hydrogen-bond donors (Lipinski definition) is 0. The number of para-hydroxylation sites is 1. The fourth-order valence-electron chi connectivity index (χ4n) is 3.67. The van der Waals surface area contributed by atoms with Crippen LogP contribution in [0.3, 0.4) is 0 Å². The van der Waals surface area contributed by atoms with Gasteiger partial charge in [-0.25, -0.2) is 15.0 Å². The van der Waals surface area contributed by atoms with Gasteiger partial charge < -0.3 is 9.47 Å². The Labute approximate surface area is 169 Å². The molecule has 0 N–H and O–H groups in total. The van der Waals surface area contributed by atoms with E-state index in [4.69, 9.17) is 0 Å². The maximum atomic E-state index is 13.2. The quantitative estimate of drug-likeness (QED) is 0.532. The summed E-state index contributed by atoms with van der Waals surface area (Å²) < 4.78 is 2.00. The number of aromatic nitrogens is 4. The summed E-state index contributed by atoms with van der Waals surface area (Å²) in [6.45, 7) is 6.24. The molecule has 0 aliphatic heterocycles. The van der Waals surface area contributed by atoms with Crippen LogP contribution >= 0.6 is 0 Å². The van der Waals surface area contributed by atoms with Gasteiger partial charge in [0.15, 0.2) is 0 Å². The minimum atomic E-state index is -0.0605. The number of pyridine rings is 1. The molecule has 3 heterocycles. The zero-order valence-corrected chi connectivity index (χ0v) is 17.0. The Hall–Kier alpha value is -3.54. The van der Waals surface area contributed by atoms with Crippen LogP contribution in [0.15, 0.2) is 54.7 Å². The Morgan fingerprint density at radius 2 is 1.79 bits per heavy atom. The molecule has 1 amide bonds. The zero-order valence-electron chi connectivity index (χ0n) is 17.0. The van der Waals surface area contributed by atoms with Gasteiger partial charge in [0.05, 0.1) is 17.6 Å². The third-order valence-electron chi connectivity index (χ3n) is 5.11. The lowest BCUT2D eigenvalue weighted by Crippen LogP contribution is -2.27. The number of amides is 1. The van der Waals surface area contributed by atoms with Crippen LogP contribution in [0.5, 0.6) is 0 Å². The molecule has 0 aliphatic rings. The molecule has 29 heavy (non-hydrogen) atoms. The highest BCUT2D eigenvalue weighted by molar-refractivity contribution is 5.95. The van der Waals surface area contributed by atoms with E-state index in [1.807, 2.05) is 73.9 Å². The molecule has 0 atom stereocenters. The average Bonchev–Trinajstić information content (AvgIpc) is 3.02. The minimum Gasteiger partial charge on any atom is -0.334 e. The number of carbonyl (C=O) groups excluding carboxylic acids is 1. The smallest absolute Gasteiger partial charge is 0.255 e. The average molecular weight is 385 g/mol. The second kappa shape index (κ2) is 7.47. The summed E-state index contributed by atoms with van der Waals surface area (Å²) in [6.07, 6.45) is 1.75. The minimum absolute atomic E-state index is 0.0605. The van der Waals surface area contributed by atoms with E-state index in [1.165, 1.54) is 0 Å². The van der Waals surface area contributed by atoms with Gasteiger partial charge in [0.25, 0.3) is 5.91 Å². The maximum absolute atomic E-state index is 13.2. The largest absolute Gasteiger partial charge is 0.334 e. The normalized spacial score (nSPS) is 11.0. The third-order valence-corrected chi connectivity index (χ3v) is 5.11. The van der Waals surface area contributed by atoms with Gasteiger partial charge >= 0.3 is 0 Å². The molecule has 146 valence electrons. The lowest BCUT2D eigenvalue weighted by Gasteiger charge is -2.17. The molecule has 0 spiro atoms. The molecule has 0 unspecified atom stereocenters. The molecule has 4 aromatic rings. The maximum Gasteiger partial charge on any atom is 0.255 e. The van der Waals surface area contributed by atoms with Gasteiger partial charge in [-0.05, 0) is 45.0 Å². The zero-order chi connectivity index (χ0) is 20.5. The first-order valence-electron chi connectivity index (χ1n) is 9.54. The Morgan fingerprint density at radius 1 is 1.03 bits per heavy atom. The number of benzene rings is 1. The van der Waals surface area contributed by atoms with Crippen molar-refractivity contribution in [3.63, 3.8) is 0 Å². The molecular weight excluding hydrogens is 362 g/mol. The number of fused-ring (bicyclic) bond motifs is 1. The second-order valence-electron chi connectivity index (χ2n) is 7.21. The van der Waals surface area contributed by atoms with Crippen molar-refractivity contribution in [3.05, 3.63) is 83.2 Å². The molecule has 0 saturated heterocycles. The van der Waals surface area contributed by atoms with Crippen LogP contribution in [0.25, 0.3) is 16.7 Å². The Kier molecular flexibility index (Phi) is 4.84. The molecule has 1 aromatic carbocycles. The molecule has 0 bridgehead atoms. The number of nitrogens with zero attached hydrogens (tertiary/aromatic N) is 5. The molecule has 0 radical (unpaired) electrons. The van der Waals surface area contributed by atoms with Gasteiger partial charge in [-0.2, -0.15) is 0 Å². The SMILES string of the molecule is Cc1nc(CN(C)C(=O)c2cc(C)n(-c3ccccn3)c2C)nc2ccccc12. The van der Waals surface area contributed by atoms with E-state index in [0.717, 1.165) is 33.8 Å². The summed E-state index contributed by atoms with van der Waals surface area (Å²) in [5.41, 5.74) is 4.31. The van der Waals surface area contributed by atoms with Crippen LogP contribution in [0, 0.1) is 20.8 Å². The van der Waals surface area contributed by atoms with Crippen LogP contribution in [-0.4, -0.2) is 37.4 Å². The van der Waals surface area contributed by atoms with E-state index < -0.39 is 0 Å². The Morgan fingerprint density at radius 3 is 2.55 bits per heavy atom. The predicted molar refractivity (Wildman–Crippen MR) is 113 cm³/mol. The number of aryl methyl sites for hydroxylation is 2. The van der Waals surface area contributed by atoms with Crippen molar-refractivity contribution in [1.82, 2.24) is 24.4 Å². The van der Waals surface area contributed by atoms with Crippen molar-refractivity contribution >= 4 is 16.8 Å². The van der Waals surface area contributed by atoms with Crippen molar-refractivity contribution in [1.29, 1.82) is 0 Å². The lowest BCUT2D eigenvalue weighted by molar-refractivity contribution is 0.0781. The van der Waals surface area contributed by atoms with E-state index in [9.17, 15) is 4.79 Å². The molecule has 6 nitrogen and oxygen atoms in total. The standard InChI is InChI=1S/C23H23N5O/c1-15-13-19(17(3)28(15)22-11-7-8-12-24-22)23(29)27(4)14-21-25-16(2)18-9-5-6-10-20(18)26-21/h5-13H,14H2,1-4H3. The van der Waals surface area contributed by atoms with E-state index in [1.54, 1.807) is 18.1 Å². The number of carbonyl (C=O) groups is 1. The van der Waals surface area contributed by atoms with Crippen molar-refractivity contribution in [2.75, 3.05) is 7.05 Å². The molecule has 4 rings (SSSR count). The first-order chi connectivity index (χ1) is 14.0. The van der Waals surface area contributed by atoms with E-state index in [0.29, 0.717) is 17.9 Å². The third kappa shape index (κ3) is 3.49. The van der Waals surface area contributed by atoms with Gasteiger partial charge in [-0.1, -0.05) is 24.3 Å². The van der Waals surface area contributed by atoms with Gasteiger partial charge in [0, 0.05) is 35.7 Å². The van der Waals surface area contributed by atoms with Crippen molar-refractivity contribution < 1.29 is 4.79 Å². The summed E-state index contributed by atoms with van der Waals surface area (Å²) in [5.74, 6) is 1.38. The van der Waals surface area contributed by atoms with Gasteiger partial charge in [0.2, 0.25) is 0 Å². The highest BCUT2D eigenvalue weighted by Crippen LogP contribution is 2.21. The molecule has 3 aromatic heterocycles. The number of hydrogen-bond acceptors (Lipinski definition) is 4. The van der Waals surface area contributed by atoms with Crippen LogP contribution < -0.4 is 0 Å². The fraction of sp³-hybridized carbons (Fsp3) is 0.217. The number of rotatable bonds is 4. The first kappa shape index (κ1) is 18.8. The van der Waals surface area contributed by atoms with Crippen molar-refractivity contribution in [2.24, 2.45) is 0 Å².